The highest BCUT2D eigenvalue weighted by atomic mass is 32.2. The van der Waals surface area contributed by atoms with Crippen LogP contribution in [0.2, 0.25) is 0 Å². The zero-order valence-corrected chi connectivity index (χ0v) is 11.8. The van der Waals surface area contributed by atoms with Crippen molar-refractivity contribution >= 4 is 28.6 Å². The first-order chi connectivity index (χ1) is 8.61. The lowest BCUT2D eigenvalue weighted by Crippen LogP contribution is -1.98. The van der Waals surface area contributed by atoms with Crippen molar-refractivity contribution in [3.63, 3.8) is 0 Å². The lowest BCUT2D eigenvalue weighted by molar-refractivity contribution is 0.764. The molecule has 2 aromatic rings. The van der Waals surface area contributed by atoms with Crippen molar-refractivity contribution in [3.8, 4) is 0 Å². The minimum atomic E-state index is 0.400. The Balaban J connectivity index is 2.41. The molecule has 98 valence electrons. The summed E-state index contributed by atoms with van der Waals surface area (Å²) in [5.41, 5.74) is 7.51. The van der Waals surface area contributed by atoms with E-state index in [4.69, 9.17) is 5.73 Å². The van der Waals surface area contributed by atoms with Gasteiger partial charge in [-0.1, -0.05) is 39.0 Å². The molecule has 0 spiro atoms. The van der Waals surface area contributed by atoms with E-state index in [1.807, 2.05) is 0 Å². The molecule has 0 aliphatic carbocycles. The molecule has 3 N–H and O–H groups in total. The van der Waals surface area contributed by atoms with E-state index in [2.05, 4.69) is 40.9 Å². The van der Waals surface area contributed by atoms with E-state index in [1.165, 1.54) is 0 Å². The summed E-state index contributed by atoms with van der Waals surface area (Å²) in [6, 6.07) is 0. The third-order valence-electron chi connectivity index (χ3n) is 2.57. The third-order valence-corrected chi connectivity index (χ3v) is 3.55. The standard InChI is InChI=1S/C12H19N5S/c1-4-5-6-8-14-9-10(15-8)12(18-7(2)3)17-16-11(9)13/h7H,4-6H2,1-3H3,(H2,13,16)(H,14,15). The molecule has 0 radical (unpaired) electrons. The highest BCUT2D eigenvalue weighted by Gasteiger charge is 2.14. The van der Waals surface area contributed by atoms with Gasteiger partial charge in [-0.3, -0.25) is 0 Å². The Kier molecular flexibility index (Phi) is 4.06. The van der Waals surface area contributed by atoms with Gasteiger partial charge in [0.05, 0.1) is 0 Å². The van der Waals surface area contributed by atoms with Crippen LogP contribution < -0.4 is 5.73 Å². The lowest BCUT2D eigenvalue weighted by Gasteiger charge is -2.04. The van der Waals surface area contributed by atoms with E-state index in [1.54, 1.807) is 11.8 Å². The van der Waals surface area contributed by atoms with Gasteiger partial charge in [0.15, 0.2) is 5.82 Å². The maximum Gasteiger partial charge on any atom is 0.174 e. The van der Waals surface area contributed by atoms with Gasteiger partial charge in [0, 0.05) is 11.7 Å². The number of thioether (sulfide) groups is 1. The highest BCUT2D eigenvalue weighted by Crippen LogP contribution is 2.29. The Morgan fingerprint density at radius 3 is 2.78 bits per heavy atom. The van der Waals surface area contributed by atoms with Crippen LogP contribution in [0, 0.1) is 0 Å². The first-order valence-electron chi connectivity index (χ1n) is 6.29. The van der Waals surface area contributed by atoms with Crippen LogP contribution in [0.15, 0.2) is 5.03 Å². The summed E-state index contributed by atoms with van der Waals surface area (Å²) < 4.78 is 0. The van der Waals surface area contributed by atoms with Crippen molar-refractivity contribution in [2.24, 2.45) is 0 Å². The number of nitrogens with two attached hydrogens (primary N) is 1. The van der Waals surface area contributed by atoms with Gasteiger partial charge in [-0.2, -0.15) is 0 Å². The van der Waals surface area contributed by atoms with Gasteiger partial charge in [0.1, 0.15) is 21.9 Å². The fourth-order valence-electron chi connectivity index (χ4n) is 1.73. The van der Waals surface area contributed by atoms with E-state index in [0.29, 0.717) is 11.1 Å². The van der Waals surface area contributed by atoms with Gasteiger partial charge in [-0.15, -0.1) is 10.2 Å². The molecule has 2 aromatic heterocycles. The first-order valence-corrected chi connectivity index (χ1v) is 7.17. The predicted molar refractivity (Wildman–Crippen MR) is 75.7 cm³/mol. The molecule has 2 heterocycles. The Hall–Kier alpha value is -1.30. The minimum Gasteiger partial charge on any atom is -0.380 e. The molecule has 0 aromatic carbocycles. The number of aromatic nitrogens is 4. The highest BCUT2D eigenvalue weighted by molar-refractivity contribution is 8.00. The molecule has 0 atom stereocenters. The zero-order valence-electron chi connectivity index (χ0n) is 11.0. The molecule has 0 aliphatic heterocycles. The van der Waals surface area contributed by atoms with Gasteiger partial charge in [0.25, 0.3) is 0 Å². The van der Waals surface area contributed by atoms with Gasteiger partial charge in [-0.25, -0.2) is 4.98 Å². The average Bonchev–Trinajstić information content (AvgIpc) is 2.75. The number of hydrogen-bond donors (Lipinski definition) is 2. The SMILES string of the molecule is CCCCc1nc2c(N)nnc(SC(C)C)c2[nH]1. The minimum absolute atomic E-state index is 0.400. The van der Waals surface area contributed by atoms with Crippen molar-refractivity contribution in [2.75, 3.05) is 5.73 Å². The molecule has 0 unspecified atom stereocenters. The van der Waals surface area contributed by atoms with E-state index in [0.717, 1.165) is 41.1 Å². The Morgan fingerprint density at radius 1 is 1.33 bits per heavy atom. The van der Waals surface area contributed by atoms with Gasteiger partial charge >= 0.3 is 0 Å². The number of nitrogens with zero attached hydrogens (tertiary/aromatic N) is 3. The smallest absolute Gasteiger partial charge is 0.174 e. The number of nitrogens with one attached hydrogen (secondary N) is 1. The molecule has 0 amide bonds. The van der Waals surface area contributed by atoms with Crippen LogP contribution in [0.4, 0.5) is 5.82 Å². The lowest BCUT2D eigenvalue weighted by atomic mass is 10.2. The number of imidazole rings is 1. The van der Waals surface area contributed by atoms with Crippen molar-refractivity contribution in [2.45, 2.75) is 50.3 Å². The van der Waals surface area contributed by atoms with E-state index in [9.17, 15) is 0 Å². The number of nitrogen functional groups attached to an aromatic ring is 1. The maximum absolute atomic E-state index is 5.83. The Bertz CT molecular complexity index is 534. The molecular formula is C12H19N5S. The quantitative estimate of drug-likeness (QED) is 0.812. The van der Waals surface area contributed by atoms with Crippen LogP contribution in [0.25, 0.3) is 11.0 Å². The number of unbranched alkanes of at least 4 members (excludes halogenated alkanes) is 1. The van der Waals surface area contributed by atoms with Gasteiger partial charge < -0.3 is 10.7 Å². The first kappa shape index (κ1) is 13.1. The number of aryl methyl sites for hydroxylation is 1. The molecule has 5 nitrogen and oxygen atoms in total. The van der Waals surface area contributed by atoms with Crippen molar-refractivity contribution in [1.29, 1.82) is 0 Å². The summed E-state index contributed by atoms with van der Waals surface area (Å²) in [6.45, 7) is 6.42. The van der Waals surface area contributed by atoms with E-state index >= 15 is 0 Å². The van der Waals surface area contributed by atoms with Crippen molar-refractivity contribution in [3.05, 3.63) is 5.82 Å². The summed E-state index contributed by atoms with van der Waals surface area (Å²) in [6.07, 6.45) is 3.21. The summed E-state index contributed by atoms with van der Waals surface area (Å²) >= 11 is 1.67. The summed E-state index contributed by atoms with van der Waals surface area (Å²) in [7, 11) is 0. The second-order valence-electron chi connectivity index (χ2n) is 4.57. The zero-order chi connectivity index (χ0) is 13.1. The molecule has 18 heavy (non-hydrogen) atoms. The summed E-state index contributed by atoms with van der Waals surface area (Å²) in [5, 5.41) is 9.47. The normalized spacial score (nSPS) is 11.6. The van der Waals surface area contributed by atoms with Gasteiger partial charge in [-0.05, 0) is 6.42 Å². The number of H-pyrrole nitrogens is 1. The van der Waals surface area contributed by atoms with Crippen molar-refractivity contribution in [1.82, 2.24) is 20.2 Å². The number of anilines is 1. The molecular weight excluding hydrogens is 246 g/mol. The summed E-state index contributed by atoms with van der Waals surface area (Å²) in [5.74, 6) is 1.37. The number of fused-ring (bicyclic) bond motifs is 1. The number of hydrogen-bond acceptors (Lipinski definition) is 5. The van der Waals surface area contributed by atoms with Gasteiger partial charge in [0.2, 0.25) is 0 Å². The van der Waals surface area contributed by atoms with Crippen LogP contribution in [0.1, 0.15) is 39.4 Å². The average molecular weight is 265 g/mol. The van der Waals surface area contributed by atoms with E-state index < -0.39 is 0 Å². The topological polar surface area (TPSA) is 80.5 Å². The second-order valence-corrected chi connectivity index (χ2v) is 6.13. The molecule has 6 heteroatoms. The van der Waals surface area contributed by atoms with Crippen LogP contribution in [-0.2, 0) is 6.42 Å². The Labute approximate surface area is 111 Å². The molecule has 0 saturated carbocycles. The van der Waals surface area contributed by atoms with Crippen LogP contribution in [-0.4, -0.2) is 25.4 Å². The van der Waals surface area contributed by atoms with E-state index in [-0.39, 0.29) is 0 Å². The molecule has 0 aliphatic rings. The molecule has 0 saturated heterocycles. The van der Waals surface area contributed by atoms with Crippen molar-refractivity contribution < 1.29 is 0 Å². The fourth-order valence-corrected chi connectivity index (χ4v) is 2.53. The molecule has 2 rings (SSSR count). The Morgan fingerprint density at radius 2 is 2.11 bits per heavy atom. The van der Waals surface area contributed by atoms with Crippen LogP contribution in [0.5, 0.6) is 0 Å². The van der Waals surface area contributed by atoms with Crippen LogP contribution >= 0.6 is 11.8 Å². The third kappa shape index (κ3) is 2.75. The molecule has 0 fully saturated rings. The fraction of sp³-hybridized carbons (Fsp3) is 0.583. The monoisotopic (exact) mass is 265 g/mol. The number of rotatable bonds is 5. The second kappa shape index (κ2) is 5.56. The largest absolute Gasteiger partial charge is 0.380 e. The molecule has 0 bridgehead atoms. The summed E-state index contributed by atoms with van der Waals surface area (Å²) in [4.78, 5) is 7.85. The number of aromatic amines is 1. The predicted octanol–water partition coefficient (Wildman–Crippen LogP) is 2.78. The maximum atomic E-state index is 5.83. The van der Waals surface area contributed by atoms with Crippen LogP contribution in [0.3, 0.4) is 0 Å².